The monoisotopic (exact) mass is 448 g/mol. The molecule has 0 saturated heterocycles. The second-order valence-electron chi connectivity index (χ2n) is 9.86. The van der Waals surface area contributed by atoms with Gasteiger partial charge in [-0.25, -0.2) is 0 Å². The summed E-state index contributed by atoms with van der Waals surface area (Å²) < 4.78 is 1.24. The summed E-state index contributed by atoms with van der Waals surface area (Å²) in [5.74, 6) is -1.19. The van der Waals surface area contributed by atoms with E-state index in [2.05, 4.69) is 32.9 Å². The molecule has 0 bridgehead atoms. The topological polar surface area (TPSA) is 53.0 Å². The number of aromatic carboxylic acids is 1. The van der Waals surface area contributed by atoms with Crippen LogP contribution in [0.1, 0.15) is 127 Å². The molecular formula is C28H52N2O2. The molecule has 1 heterocycles. The van der Waals surface area contributed by atoms with Crippen molar-refractivity contribution in [1.29, 1.82) is 0 Å². The van der Waals surface area contributed by atoms with Crippen molar-refractivity contribution in [1.82, 2.24) is 4.98 Å². The largest absolute Gasteiger partial charge is 0.545 e. The maximum atomic E-state index is 10.0. The minimum absolute atomic E-state index is 0.109. The molecule has 0 N–H and O–H groups in total. The third kappa shape index (κ3) is 20.5. The van der Waals surface area contributed by atoms with Gasteiger partial charge < -0.3 is 14.4 Å². The number of carboxylic acids is 1. The number of carboxylic acid groups (broad SMARTS) is 1. The molecule has 0 aliphatic carbocycles. The predicted molar refractivity (Wildman–Crippen MR) is 136 cm³/mol. The first-order chi connectivity index (χ1) is 15.4. The number of quaternary nitrogens is 1. The molecule has 0 radical (unpaired) electrons. The molecule has 0 amide bonds. The second-order valence-corrected chi connectivity index (χ2v) is 9.86. The summed E-state index contributed by atoms with van der Waals surface area (Å²) in [5.41, 5.74) is 0.109. The first kappa shape index (κ1) is 30.6. The third-order valence-corrected chi connectivity index (χ3v) is 6.13. The van der Waals surface area contributed by atoms with Crippen LogP contribution in [-0.2, 0) is 0 Å². The average Bonchev–Trinajstić information content (AvgIpc) is 2.78. The Morgan fingerprint density at radius 1 is 0.750 bits per heavy atom. The SMILES string of the molecule is CCCCCCCCCC[N+](C)(C)CCCCCCCCCC.O=C([O-])c1cccnc1. The first-order valence-corrected chi connectivity index (χ1v) is 13.4. The standard InChI is InChI=1S/C22H48N.C6H5NO2/c1-5-7-9-11-13-15-17-19-21-23(3,4)22-20-18-16-14-12-10-8-6-2;8-6(9)5-2-1-3-7-4-5/h5-22H2,1-4H3;1-4H,(H,8,9)/q+1;/p-1. The lowest BCUT2D eigenvalue weighted by Gasteiger charge is -2.30. The van der Waals surface area contributed by atoms with E-state index in [9.17, 15) is 9.90 Å². The van der Waals surface area contributed by atoms with Crippen LogP contribution in [-0.4, -0.2) is 42.6 Å². The number of pyridine rings is 1. The van der Waals surface area contributed by atoms with Gasteiger partial charge >= 0.3 is 0 Å². The maximum Gasteiger partial charge on any atom is 0.0782 e. The van der Waals surface area contributed by atoms with Crippen molar-refractivity contribution in [3.63, 3.8) is 0 Å². The zero-order chi connectivity index (χ0) is 23.9. The number of carbonyl (C=O) groups excluding carboxylic acids is 1. The molecule has 4 heteroatoms. The lowest BCUT2D eigenvalue weighted by atomic mass is 10.1. The molecule has 0 aromatic carbocycles. The molecule has 0 aliphatic heterocycles. The average molecular weight is 449 g/mol. The van der Waals surface area contributed by atoms with Crippen LogP contribution in [0.25, 0.3) is 0 Å². The zero-order valence-electron chi connectivity index (χ0n) is 21.7. The fourth-order valence-corrected chi connectivity index (χ4v) is 3.94. The van der Waals surface area contributed by atoms with Crippen molar-refractivity contribution in [2.75, 3.05) is 27.2 Å². The van der Waals surface area contributed by atoms with Gasteiger partial charge in [0, 0.05) is 18.0 Å². The molecule has 0 fully saturated rings. The molecule has 1 aromatic rings. The third-order valence-electron chi connectivity index (χ3n) is 6.13. The van der Waals surface area contributed by atoms with Gasteiger partial charge in [0.25, 0.3) is 0 Å². The van der Waals surface area contributed by atoms with E-state index in [-0.39, 0.29) is 5.56 Å². The van der Waals surface area contributed by atoms with E-state index in [0.717, 1.165) is 0 Å². The molecule has 0 spiro atoms. The summed E-state index contributed by atoms with van der Waals surface area (Å²) in [6.07, 6.45) is 25.8. The van der Waals surface area contributed by atoms with Crippen molar-refractivity contribution >= 4 is 5.97 Å². The summed E-state index contributed by atoms with van der Waals surface area (Å²) in [5, 5.41) is 10.0. The van der Waals surface area contributed by atoms with Crippen LogP contribution in [0.4, 0.5) is 0 Å². The molecule has 0 unspecified atom stereocenters. The van der Waals surface area contributed by atoms with Gasteiger partial charge in [0.05, 0.1) is 33.2 Å². The fraction of sp³-hybridized carbons (Fsp3) is 0.786. The number of rotatable bonds is 19. The van der Waals surface area contributed by atoms with E-state index in [1.165, 1.54) is 139 Å². The van der Waals surface area contributed by atoms with Crippen LogP contribution >= 0.6 is 0 Å². The summed E-state index contributed by atoms with van der Waals surface area (Å²) in [4.78, 5) is 13.6. The lowest BCUT2D eigenvalue weighted by Crippen LogP contribution is -2.41. The van der Waals surface area contributed by atoms with Gasteiger partial charge in [-0.1, -0.05) is 97.0 Å². The summed E-state index contributed by atoms with van der Waals surface area (Å²) in [7, 11) is 4.87. The summed E-state index contributed by atoms with van der Waals surface area (Å²) in [6, 6.07) is 2.98. The molecule has 1 aromatic heterocycles. The van der Waals surface area contributed by atoms with E-state index in [0.29, 0.717) is 0 Å². The van der Waals surface area contributed by atoms with E-state index < -0.39 is 5.97 Å². The van der Waals surface area contributed by atoms with E-state index in [4.69, 9.17) is 0 Å². The lowest BCUT2D eigenvalue weighted by molar-refractivity contribution is -0.890. The van der Waals surface area contributed by atoms with Crippen LogP contribution < -0.4 is 5.11 Å². The Bertz CT molecular complexity index is 509. The number of hydrogen-bond donors (Lipinski definition) is 0. The van der Waals surface area contributed by atoms with Crippen molar-refractivity contribution in [3.8, 4) is 0 Å². The van der Waals surface area contributed by atoms with Crippen molar-refractivity contribution in [2.45, 2.75) is 117 Å². The summed E-state index contributed by atoms with van der Waals surface area (Å²) in [6.45, 7) is 7.36. The molecule has 4 nitrogen and oxygen atoms in total. The Morgan fingerprint density at radius 2 is 1.16 bits per heavy atom. The Kier molecular flexibility index (Phi) is 20.5. The number of hydrogen-bond acceptors (Lipinski definition) is 3. The fourth-order valence-electron chi connectivity index (χ4n) is 3.94. The predicted octanol–water partition coefficient (Wildman–Crippen LogP) is 6.79. The Balaban J connectivity index is 0.000000879. The number of aromatic nitrogens is 1. The van der Waals surface area contributed by atoms with Gasteiger partial charge in [-0.05, 0) is 31.7 Å². The first-order valence-electron chi connectivity index (χ1n) is 13.4. The van der Waals surface area contributed by atoms with Crippen LogP contribution in [0.2, 0.25) is 0 Å². The minimum Gasteiger partial charge on any atom is -0.545 e. The minimum atomic E-state index is -1.19. The van der Waals surface area contributed by atoms with E-state index in [1.54, 1.807) is 6.07 Å². The van der Waals surface area contributed by atoms with Crippen molar-refractivity contribution in [3.05, 3.63) is 30.1 Å². The quantitative estimate of drug-likeness (QED) is 0.173. The van der Waals surface area contributed by atoms with Gasteiger partial charge in [0.15, 0.2) is 0 Å². The molecule has 0 aliphatic rings. The Morgan fingerprint density at radius 3 is 1.47 bits per heavy atom. The highest BCUT2D eigenvalue weighted by molar-refractivity contribution is 5.85. The second kappa shape index (κ2) is 21.4. The van der Waals surface area contributed by atoms with Crippen molar-refractivity contribution < 1.29 is 14.4 Å². The molecule has 0 saturated carbocycles. The van der Waals surface area contributed by atoms with Crippen LogP contribution in [0, 0.1) is 0 Å². The smallest absolute Gasteiger partial charge is 0.0782 e. The van der Waals surface area contributed by atoms with Crippen LogP contribution in [0.5, 0.6) is 0 Å². The highest BCUT2D eigenvalue weighted by Gasteiger charge is 2.13. The molecule has 32 heavy (non-hydrogen) atoms. The normalized spacial score (nSPS) is 11.1. The Hall–Kier alpha value is -1.42. The number of carbonyl (C=O) groups is 1. The van der Waals surface area contributed by atoms with E-state index in [1.807, 2.05) is 0 Å². The molecule has 0 atom stereocenters. The van der Waals surface area contributed by atoms with Crippen LogP contribution in [0.15, 0.2) is 24.5 Å². The van der Waals surface area contributed by atoms with Gasteiger partial charge in [-0.3, -0.25) is 4.98 Å². The number of nitrogens with zero attached hydrogens (tertiary/aromatic N) is 2. The highest BCUT2D eigenvalue weighted by atomic mass is 16.4. The molecule has 1 rings (SSSR count). The highest BCUT2D eigenvalue weighted by Crippen LogP contribution is 2.13. The van der Waals surface area contributed by atoms with E-state index >= 15 is 0 Å². The van der Waals surface area contributed by atoms with Gasteiger partial charge in [-0.2, -0.15) is 0 Å². The Labute approximate surface area is 199 Å². The molecular weight excluding hydrogens is 396 g/mol. The zero-order valence-corrected chi connectivity index (χ0v) is 21.7. The van der Waals surface area contributed by atoms with Crippen molar-refractivity contribution in [2.24, 2.45) is 0 Å². The van der Waals surface area contributed by atoms with Gasteiger partial charge in [-0.15, -0.1) is 0 Å². The molecule has 186 valence electrons. The maximum absolute atomic E-state index is 10.0. The summed E-state index contributed by atoms with van der Waals surface area (Å²) >= 11 is 0. The van der Waals surface area contributed by atoms with Crippen LogP contribution in [0.3, 0.4) is 0 Å². The van der Waals surface area contributed by atoms with Gasteiger partial charge in [0.2, 0.25) is 0 Å². The van der Waals surface area contributed by atoms with Gasteiger partial charge in [0.1, 0.15) is 0 Å². The number of unbranched alkanes of at least 4 members (excludes halogenated alkanes) is 14.